The molecule has 0 bridgehead atoms. The molecule has 17 heteroatoms. The lowest BCUT2D eigenvalue weighted by atomic mass is 10.0. The van der Waals surface area contributed by atoms with Crippen molar-refractivity contribution in [3.63, 3.8) is 0 Å². The van der Waals surface area contributed by atoms with Gasteiger partial charge in [-0.3, -0.25) is 24.2 Å². The number of carbonyl (C=O) groups excluding carboxylic acids is 1. The van der Waals surface area contributed by atoms with Crippen molar-refractivity contribution >= 4 is 65.3 Å². The Labute approximate surface area is 273 Å². The number of rotatable bonds is 10. The van der Waals surface area contributed by atoms with E-state index in [1.54, 1.807) is 24.3 Å². The number of carbonyl (C=O) groups is 1. The number of sulfonamides is 1. The fourth-order valence-electron chi connectivity index (χ4n) is 4.66. The van der Waals surface area contributed by atoms with Crippen molar-refractivity contribution < 1.29 is 40.9 Å². The number of azo groups is 1. The third-order valence-corrected chi connectivity index (χ3v) is 9.35. The second kappa shape index (κ2) is 13.1. The van der Waals surface area contributed by atoms with Crippen LogP contribution >= 0.6 is 0 Å². The minimum absolute atomic E-state index is 0.0174. The number of fused-ring (bicyclic) bond motifs is 1. The third-order valence-electron chi connectivity index (χ3n) is 6.99. The predicted octanol–water partition coefficient (Wildman–Crippen LogP) is 6.49. The Morgan fingerprint density at radius 2 is 1.67 bits per heavy atom. The van der Waals surface area contributed by atoms with Gasteiger partial charge in [0, 0.05) is 23.2 Å². The number of aromatic hydroxyl groups is 1. The van der Waals surface area contributed by atoms with E-state index in [0.29, 0.717) is 16.3 Å². The number of methoxy groups -OCH3 is 1. The summed E-state index contributed by atoms with van der Waals surface area (Å²) in [5, 5.41) is 34.1. The maximum atomic E-state index is 13.5. The molecule has 5 aromatic rings. The molecule has 0 aliphatic carbocycles. The first-order valence-corrected chi connectivity index (χ1v) is 16.6. The Bertz CT molecular complexity index is 2360. The molecule has 0 radical (unpaired) electrons. The number of nitro groups is 1. The third kappa shape index (κ3) is 7.07. The molecule has 48 heavy (non-hydrogen) atoms. The molecule has 5 aromatic carbocycles. The summed E-state index contributed by atoms with van der Waals surface area (Å²) in [4.78, 5) is 22.9. The number of benzene rings is 5. The summed E-state index contributed by atoms with van der Waals surface area (Å²) in [7, 11) is -7.80. The van der Waals surface area contributed by atoms with Crippen LogP contribution in [0.15, 0.2) is 111 Å². The maximum Gasteiger partial charge on any atom is 0.294 e. The van der Waals surface area contributed by atoms with Gasteiger partial charge in [0.2, 0.25) is 0 Å². The first kappa shape index (κ1) is 33.5. The summed E-state index contributed by atoms with van der Waals surface area (Å²) < 4.78 is 67.0. The van der Waals surface area contributed by atoms with Gasteiger partial charge in [0.15, 0.2) is 5.75 Å². The summed E-state index contributed by atoms with van der Waals surface area (Å²) in [6, 6.07) is 20.6. The standard InChI is InChI=1S/C31H25N5O10S2/c1-18-10-11-21(16-28(18)47(41,42)35-26-17-23(48(43,44)45)12-13-27(26)46-2)33-34-29-24-9-4-3-6-19(24)14-25(30(29)37)31(38)32-20-7-5-8-22(15-20)36(39)40/h3-17,35,37H,1-2H3,(H,32,38)(H,43,44,45). The lowest BCUT2D eigenvalue weighted by Crippen LogP contribution is -2.15. The number of hydrogen-bond acceptors (Lipinski definition) is 11. The Hall–Kier alpha value is -5.91. The van der Waals surface area contributed by atoms with Crippen LogP contribution in [0.3, 0.4) is 0 Å². The molecule has 0 unspecified atom stereocenters. The van der Waals surface area contributed by atoms with Crippen LogP contribution in [-0.4, -0.2) is 44.4 Å². The van der Waals surface area contributed by atoms with Crippen molar-refractivity contribution in [3.05, 3.63) is 112 Å². The van der Waals surface area contributed by atoms with Gasteiger partial charge in [-0.2, -0.15) is 13.5 Å². The van der Waals surface area contributed by atoms with E-state index in [1.807, 2.05) is 0 Å². The van der Waals surface area contributed by atoms with E-state index in [0.717, 1.165) is 18.2 Å². The normalized spacial score (nSPS) is 11.8. The van der Waals surface area contributed by atoms with Gasteiger partial charge < -0.3 is 15.2 Å². The molecule has 0 fully saturated rings. The second-order valence-electron chi connectivity index (χ2n) is 10.2. The summed E-state index contributed by atoms with van der Waals surface area (Å²) in [6.45, 7) is 1.52. The lowest BCUT2D eigenvalue weighted by Gasteiger charge is -2.14. The number of hydrogen-bond donors (Lipinski definition) is 4. The average molecular weight is 692 g/mol. The zero-order chi connectivity index (χ0) is 34.8. The van der Waals surface area contributed by atoms with Crippen LogP contribution < -0.4 is 14.8 Å². The topological polar surface area (TPSA) is 227 Å². The molecule has 0 aliphatic heterocycles. The van der Waals surface area contributed by atoms with Crippen molar-refractivity contribution in [1.82, 2.24) is 0 Å². The lowest BCUT2D eigenvalue weighted by molar-refractivity contribution is -0.384. The average Bonchev–Trinajstić information content (AvgIpc) is 3.04. The number of ether oxygens (including phenoxy) is 1. The summed E-state index contributed by atoms with van der Waals surface area (Å²) >= 11 is 0. The van der Waals surface area contributed by atoms with Crippen LogP contribution in [0.25, 0.3) is 10.8 Å². The number of amides is 1. The number of anilines is 2. The van der Waals surface area contributed by atoms with Gasteiger partial charge in [-0.1, -0.05) is 36.4 Å². The zero-order valence-electron chi connectivity index (χ0n) is 25.0. The predicted molar refractivity (Wildman–Crippen MR) is 176 cm³/mol. The van der Waals surface area contributed by atoms with E-state index in [4.69, 9.17) is 4.74 Å². The number of phenols is 1. The van der Waals surface area contributed by atoms with Crippen molar-refractivity contribution in [3.8, 4) is 11.5 Å². The van der Waals surface area contributed by atoms with Gasteiger partial charge in [0.1, 0.15) is 11.4 Å². The van der Waals surface area contributed by atoms with Crippen molar-refractivity contribution in [2.75, 3.05) is 17.1 Å². The van der Waals surface area contributed by atoms with Crippen LogP contribution in [-0.2, 0) is 20.1 Å². The van der Waals surface area contributed by atoms with Gasteiger partial charge in [-0.05, 0) is 60.3 Å². The van der Waals surface area contributed by atoms with Crippen LogP contribution in [0.4, 0.5) is 28.4 Å². The molecule has 246 valence electrons. The molecule has 0 spiro atoms. The monoisotopic (exact) mass is 691 g/mol. The quantitative estimate of drug-likeness (QED) is 0.0539. The summed E-state index contributed by atoms with van der Waals surface area (Å²) in [5.41, 5.74) is -0.358. The summed E-state index contributed by atoms with van der Waals surface area (Å²) in [5.74, 6) is -1.34. The smallest absolute Gasteiger partial charge is 0.294 e. The number of nitrogens with zero attached hydrogens (tertiary/aromatic N) is 3. The molecule has 0 aromatic heterocycles. The van der Waals surface area contributed by atoms with Gasteiger partial charge in [-0.25, -0.2) is 8.42 Å². The Morgan fingerprint density at radius 1 is 0.917 bits per heavy atom. The van der Waals surface area contributed by atoms with E-state index >= 15 is 0 Å². The van der Waals surface area contributed by atoms with E-state index in [-0.39, 0.29) is 44.6 Å². The number of nitro benzene ring substituents is 1. The van der Waals surface area contributed by atoms with Crippen LogP contribution in [0, 0.1) is 17.0 Å². The van der Waals surface area contributed by atoms with Crippen molar-refractivity contribution in [2.24, 2.45) is 10.2 Å². The van der Waals surface area contributed by atoms with Gasteiger partial charge in [0.25, 0.3) is 31.7 Å². The van der Waals surface area contributed by atoms with E-state index in [1.165, 1.54) is 62.6 Å². The fourth-order valence-corrected chi connectivity index (χ4v) is 6.50. The Morgan fingerprint density at radius 3 is 2.38 bits per heavy atom. The van der Waals surface area contributed by atoms with Crippen LogP contribution in [0.5, 0.6) is 11.5 Å². The molecule has 5 rings (SSSR count). The molecule has 0 atom stereocenters. The number of nitrogens with one attached hydrogen (secondary N) is 2. The Balaban J connectivity index is 1.51. The maximum absolute atomic E-state index is 13.5. The largest absolute Gasteiger partial charge is 0.505 e. The number of phenolic OH excluding ortho intramolecular Hbond substituents is 1. The SMILES string of the molecule is COc1ccc(S(=O)(=O)O)cc1NS(=O)(=O)c1cc(N=Nc2c(O)c(C(=O)Nc3cccc([N+](=O)[O-])c3)cc3ccccc23)ccc1C. The molecule has 0 heterocycles. The Kier molecular flexibility index (Phi) is 9.11. The highest BCUT2D eigenvalue weighted by Crippen LogP contribution is 2.40. The first-order valence-electron chi connectivity index (χ1n) is 13.7. The molecule has 0 saturated heterocycles. The molecule has 15 nitrogen and oxygen atoms in total. The number of non-ortho nitro benzene ring substituents is 1. The highest BCUT2D eigenvalue weighted by atomic mass is 32.2. The number of aryl methyl sites for hydroxylation is 1. The van der Waals surface area contributed by atoms with Crippen LogP contribution in [0.2, 0.25) is 0 Å². The minimum Gasteiger partial charge on any atom is -0.505 e. The highest BCUT2D eigenvalue weighted by molar-refractivity contribution is 7.92. The van der Waals surface area contributed by atoms with Gasteiger partial charge in [-0.15, -0.1) is 5.11 Å². The molecule has 4 N–H and O–H groups in total. The second-order valence-corrected chi connectivity index (χ2v) is 13.3. The van der Waals surface area contributed by atoms with Crippen molar-refractivity contribution in [2.45, 2.75) is 16.7 Å². The molecule has 0 saturated carbocycles. The highest BCUT2D eigenvalue weighted by Gasteiger charge is 2.23. The van der Waals surface area contributed by atoms with Gasteiger partial charge in [0.05, 0.1) is 38.8 Å². The molecule has 1 amide bonds. The van der Waals surface area contributed by atoms with Gasteiger partial charge >= 0.3 is 0 Å². The molecular formula is C31H25N5O10S2. The minimum atomic E-state index is -4.66. The fraction of sp³-hybridized carbons (Fsp3) is 0.0645. The van der Waals surface area contributed by atoms with Crippen LogP contribution in [0.1, 0.15) is 15.9 Å². The molecular weight excluding hydrogens is 666 g/mol. The zero-order valence-corrected chi connectivity index (χ0v) is 26.6. The van der Waals surface area contributed by atoms with E-state index in [9.17, 15) is 41.4 Å². The van der Waals surface area contributed by atoms with E-state index in [2.05, 4.69) is 20.3 Å². The van der Waals surface area contributed by atoms with E-state index < -0.39 is 41.6 Å². The molecule has 0 aliphatic rings. The van der Waals surface area contributed by atoms with Crippen molar-refractivity contribution in [1.29, 1.82) is 0 Å². The first-order chi connectivity index (χ1) is 22.7. The summed E-state index contributed by atoms with van der Waals surface area (Å²) in [6.07, 6.45) is 0.